The monoisotopic (exact) mass is 170 g/mol. The summed E-state index contributed by atoms with van der Waals surface area (Å²) in [6.07, 6.45) is 9.88. The quantitative estimate of drug-likeness (QED) is 0.556. The summed E-state index contributed by atoms with van der Waals surface area (Å²) in [5, 5.41) is 0. The van der Waals surface area contributed by atoms with Crippen LogP contribution in [0.15, 0.2) is 24.3 Å². The predicted molar refractivity (Wildman–Crippen MR) is 58.6 cm³/mol. The van der Waals surface area contributed by atoms with E-state index in [0.29, 0.717) is 0 Å². The van der Waals surface area contributed by atoms with Gasteiger partial charge in [-0.05, 0) is 42.5 Å². The average molecular weight is 170 g/mol. The molecule has 2 rings (SSSR count). The van der Waals surface area contributed by atoms with E-state index in [9.17, 15) is 0 Å². The first-order chi connectivity index (χ1) is 6.27. The molecular weight excluding hydrogens is 156 g/mol. The predicted octanol–water partition coefficient (Wildman–Crippen LogP) is 3.73. The summed E-state index contributed by atoms with van der Waals surface area (Å²) < 4.78 is 0. The third-order valence-electron chi connectivity index (χ3n) is 2.57. The molecule has 1 aromatic carbocycles. The Labute approximate surface area is 79.6 Å². The van der Waals surface area contributed by atoms with E-state index < -0.39 is 0 Å². The lowest BCUT2D eigenvalue weighted by Crippen LogP contribution is -1.86. The molecule has 0 heteroatoms. The lowest BCUT2D eigenvalue weighted by atomic mass is 10.00. The highest BCUT2D eigenvalue weighted by molar-refractivity contribution is 5.68. The maximum Gasteiger partial charge on any atom is -0.0162 e. The van der Waals surface area contributed by atoms with Crippen molar-refractivity contribution in [2.24, 2.45) is 0 Å². The molecule has 66 valence electrons. The Morgan fingerprint density at radius 1 is 0.846 bits per heavy atom. The normalized spacial score (nSPS) is 14.0. The number of allylic oxidation sites excluding steroid dienone is 2. The lowest BCUT2D eigenvalue weighted by molar-refractivity contribution is 1.33. The molecule has 0 spiro atoms. The van der Waals surface area contributed by atoms with Gasteiger partial charge in [-0.3, -0.25) is 0 Å². The molecule has 13 heavy (non-hydrogen) atoms. The molecule has 0 atom stereocenters. The van der Waals surface area contributed by atoms with E-state index in [1.807, 2.05) is 0 Å². The summed E-state index contributed by atoms with van der Waals surface area (Å²) in [5.41, 5.74) is 5.44. The average Bonchev–Trinajstić information content (AvgIpc) is 2.31. The molecule has 0 saturated carbocycles. The fourth-order valence-corrected chi connectivity index (χ4v) is 1.62. The van der Waals surface area contributed by atoms with Gasteiger partial charge in [0.2, 0.25) is 0 Å². The fraction of sp³-hybridized carbons (Fsp3) is 0.231. The number of hydrogen-bond donors (Lipinski definition) is 0. The van der Waals surface area contributed by atoms with E-state index in [2.05, 4.69) is 50.3 Å². The first-order valence-electron chi connectivity index (χ1n) is 4.72. The molecule has 0 aromatic heterocycles. The van der Waals surface area contributed by atoms with E-state index in [-0.39, 0.29) is 0 Å². The second-order valence-electron chi connectivity index (χ2n) is 3.61. The van der Waals surface area contributed by atoms with Gasteiger partial charge in [0.1, 0.15) is 0 Å². The number of hydrogen-bond acceptors (Lipinski definition) is 0. The molecule has 0 bridgehead atoms. The fourth-order valence-electron chi connectivity index (χ4n) is 1.62. The van der Waals surface area contributed by atoms with Gasteiger partial charge in [0.15, 0.2) is 0 Å². The SMILES string of the molecule is Cc1cc2c(cc1C)C=CCC=C2. The summed E-state index contributed by atoms with van der Waals surface area (Å²) in [5.74, 6) is 0. The molecule has 0 fully saturated rings. The first kappa shape index (κ1) is 8.31. The van der Waals surface area contributed by atoms with E-state index in [4.69, 9.17) is 0 Å². The van der Waals surface area contributed by atoms with E-state index in [1.54, 1.807) is 0 Å². The van der Waals surface area contributed by atoms with Crippen molar-refractivity contribution in [3.63, 3.8) is 0 Å². The summed E-state index contributed by atoms with van der Waals surface area (Å²) in [6, 6.07) is 4.52. The van der Waals surface area contributed by atoms with Crippen molar-refractivity contribution in [3.05, 3.63) is 46.5 Å². The maximum absolute atomic E-state index is 2.26. The van der Waals surface area contributed by atoms with Gasteiger partial charge in [-0.15, -0.1) is 0 Å². The van der Waals surface area contributed by atoms with Crippen LogP contribution in [0.5, 0.6) is 0 Å². The molecule has 1 aromatic rings. The Hall–Kier alpha value is -1.30. The Morgan fingerprint density at radius 2 is 1.31 bits per heavy atom. The van der Waals surface area contributed by atoms with Gasteiger partial charge < -0.3 is 0 Å². The van der Waals surface area contributed by atoms with E-state index in [1.165, 1.54) is 22.3 Å². The van der Waals surface area contributed by atoms with Crippen LogP contribution in [0.4, 0.5) is 0 Å². The van der Waals surface area contributed by atoms with Gasteiger partial charge in [0, 0.05) is 0 Å². The molecule has 0 radical (unpaired) electrons. The zero-order valence-corrected chi connectivity index (χ0v) is 8.17. The largest absolute Gasteiger partial charge is 0.0801 e. The molecule has 0 nitrogen and oxygen atoms in total. The second kappa shape index (κ2) is 3.21. The molecule has 0 aliphatic heterocycles. The number of aryl methyl sites for hydroxylation is 2. The Balaban J connectivity index is 2.62. The topological polar surface area (TPSA) is 0 Å². The molecule has 1 aliphatic carbocycles. The van der Waals surface area contributed by atoms with Gasteiger partial charge in [-0.2, -0.15) is 0 Å². The van der Waals surface area contributed by atoms with Gasteiger partial charge >= 0.3 is 0 Å². The first-order valence-corrected chi connectivity index (χ1v) is 4.72. The summed E-state index contributed by atoms with van der Waals surface area (Å²) >= 11 is 0. The van der Waals surface area contributed by atoms with Crippen LogP contribution in [0.25, 0.3) is 12.2 Å². The van der Waals surface area contributed by atoms with Crippen molar-refractivity contribution in [2.45, 2.75) is 20.3 Å². The van der Waals surface area contributed by atoms with Crippen molar-refractivity contribution in [2.75, 3.05) is 0 Å². The van der Waals surface area contributed by atoms with Crippen LogP contribution in [0.1, 0.15) is 28.7 Å². The maximum atomic E-state index is 2.26. The second-order valence-corrected chi connectivity index (χ2v) is 3.61. The van der Waals surface area contributed by atoms with Crippen molar-refractivity contribution in [1.82, 2.24) is 0 Å². The molecule has 0 heterocycles. The number of rotatable bonds is 0. The van der Waals surface area contributed by atoms with Gasteiger partial charge in [0.25, 0.3) is 0 Å². The summed E-state index contributed by atoms with van der Waals surface area (Å²) in [4.78, 5) is 0. The molecule has 0 unspecified atom stereocenters. The lowest BCUT2D eigenvalue weighted by Gasteiger charge is -2.05. The van der Waals surface area contributed by atoms with Crippen molar-refractivity contribution < 1.29 is 0 Å². The van der Waals surface area contributed by atoms with Crippen LogP contribution in [0.2, 0.25) is 0 Å². The molecule has 0 amide bonds. The minimum absolute atomic E-state index is 1.05. The highest BCUT2D eigenvalue weighted by Crippen LogP contribution is 2.21. The standard InChI is InChI=1S/C13H14/c1-10-8-12-6-4-3-5-7-13(12)9-11(10)2/h4-9H,3H2,1-2H3. The van der Waals surface area contributed by atoms with Crippen LogP contribution in [0, 0.1) is 13.8 Å². The van der Waals surface area contributed by atoms with Gasteiger partial charge in [-0.1, -0.05) is 36.4 Å². The van der Waals surface area contributed by atoms with Crippen LogP contribution in [-0.2, 0) is 0 Å². The summed E-state index contributed by atoms with van der Waals surface area (Å²) in [6.45, 7) is 4.33. The van der Waals surface area contributed by atoms with Crippen LogP contribution < -0.4 is 0 Å². The zero-order chi connectivity index (χ0) is 9.26. The van der Waals surface area contributed by atoms with E-state index >= 15 is 0 Å². The molecule has 0 N–H and O–H groups in total. The zero-order valence-electron chi connectivity index (χ0n) is 8.17. The highest BCUT2D eigenvalue weighted by Gasteiger charge is 2.01. The molecule has 1 aliphatic rings. The van der Waals surface area contributed by atoms with Gasteiger partial charge in [0.05, 0.1) is 0 Å². The Kier molecular flexibility index (Phi) is 2.05. The van der Waals surface area contributed by atoms with Crippen LogP contribution in [0.3, 0.4) is 0 Å². The Bertz CT molecular complexity index is 344. The van der Waals surface area contributed by atoms with Crippen molar-refractivity contribution in [1.29, 1.82) is 0 Å². The highest BCUT2D eigenvalue weighted by atomic mass is 14.1. The number of fused-ring (bicyclic) bond motifs is 1. The summed E-state index contributed by atoms with van der Waals surface area (Å²) in [7, 11) is 0. The van der Waals surface area contributed by atoms with Gasteiger partial charge in [-0.25, -0.2) is 0 Å². The smallest absolute Gasteiger partial charge is 0.0162 e. The van der Waals surface area contributed by atoms with Crippen LogP contribution in [-0.4, -0.2) is 0 Å². The number of benzene rings is 1. The van der Waals surface area contributed by atoms with Crippen molar-refractivity contribution >= 4 is 12.2 Å². The minimum atomic E-state index is 1.05. The van der Waals surface area contributed by atoms with Crippen LogP contribution >= 0.6 is 0 Å². The third kappa shape index (κ3) is 1.57. The Morgan fingerprint density at radius 3 is 1.77 bits per heavy atom. The molecular formula is C13H14. The minimum Gasteiger partial charge on any atom is -0.0801 e. The van der Waals surface area contributed by atoms with Crippen molar-refractivity contribution in [3.8, 4) is 0 Å². The third-order valence-corrected chi connectivity index (χ3v) is 2.57. The molecule has 0 saturated heterocycles. The van der Waals surface area contributed by atoms with E-state index in [0.717, 1.165) is 6.42 Å².